The molecule has 9 nitrogen and oxygen atoms in total. The molecule has 1 fully saturated rings. The first-order valence-corrected chi connectivity index (χ1v) is 15.2. The fraction of sp³-hybridized carbons (Fsp3) is 0.344. The van der Waals surface area contributed by atoms with Crippen molar-refractivity contribution in [3.05, 3.63) is 74.4 Å². The number of rotatable bonds is 5. The molecule has 46 heavy (non-hydrogen) atoms. The van der Waals surface area contributed by atoms with E-state index >= 15 is 4.39 Å². The average Bonchev–Trinajstić information content (AvgIpc) is 3.02. The van der Waals surface area contributed by atoms with E-state index in [0.29, 0.717) is 5.71 Å². The monoisotopic (exact) mass is 672 g/mol. The van der Waals surface area contributed by atoms with Gasteiger partial charge in [-0.3, -0.25) is 19.1 Å². The van der Waals surface area contributed by atoms with Crippen LogP contribution < -0.4 is 10.5 Å². The van der Waals surface area contributed by atoms with Crippen molar-refractivity contribution in [1.82, 2.24) is 14.5 Å². The van der Waals surface area contributed by atoms with E-state index in [0.717, 1.165) is 0 Å². The molecule has 240 valence electrons. The molecule has 3 aromatic rings. The van der Waals surface area contributed by atoms with Gasteiger partial charge in [0.25, 0.3) is 5.56 Å². The van der Waals surface area contributed by atoms with Crippen LogP contribution in [0, 0.1) is 40.6 Å². The third kappa shape index (κ3) is 5.21. The molecule has 1 amide bonds. The molecule has 3 atom stereocenters. The minimum absolute atomic E-state index is 0.0919. The summed E-state index contributed by atoms with van der Waals surface area (Å²) >= 11 is 12.2. The lowest BCUT2D eigenvalue weighted by Crippen LogP contribution is -2.54. The topological polar surface area (TPSA) is 115 Å². The number of hydrogen-bond donors (Lipinski definition) is 1. The van der Waals surface area contributed by atoms with Crippen LogP contribution in [0.1, 0.15) is 39.3 Å². The fourth-order valence-corrected chi connectivity index (χ4v) is 6.59. The number of aromatic nitrogens is 2. The van der Waals surface area contributed by atoms with E-state index in [1.54, 1.807) is 22.1 Å². The van der Waals surface area contributed by atoms with Gasteiger partial charge < -0.3 is 14.9 Å². The van der Waals surface area contributed by atoms with Crippen molar-refractivity contribution in [3.63, 3.8) is 0 Å². The number of hydrogen-bond acceptors (Lipinski definition) is 7. The lowest BCUT2D eigenvalue weighted by atomic mass is 9.88. The van der Waals surface area contributed by atoms with E-state index in [1.807, 2.05) is 33.8 Å². The summed E-state index contributed by atoms with van der Waals surface area (Å²) in [5.74, 6) is -7.17. The van der Waals surface area contributed by atoms with E-state index in [4.69, 9.17) is 23.2 Å². The zero-order chi connectivity index (χ0) is 33.8. The third-order valence-corrected chi connectivity index (χ3v) is 9.00. The van der Waals surface area contributed by atoms with E-state index < -0.39 is 51.1 Å². The van der Waals surface area contributed by atoms with Crippen molar-refractivity contribution in [2.24, 2.45) is 16.8 Å². The summed E-state index contributed by atoms with van der Waals surface area (Å²) in [4.78, 5) is 39.3. The number of nitriles is 1. The average molecular weight is 674 g/mol. The SMILES string of the molecule is C=CC(=O)N1CCN(c2c(C#N)c(=O)n(C3C(C(C)C)=NC=CC3C)c3nc(-c4c(O)c(F)c(Cl)c(F)c4F)c(Cl)cc23)C[C@H]1C. The van der Waals surface area contributed by atoms with E-state index in [2.05, 4.69) is 16.6 Å². The minimum atomic E-state index is -1.76. The van der Waals surface area contributed by atoms with Gasteiger partial charge in [-0.05, 0) is 25.0 Å². The predicted molar refractivity (Wildman–Crippen MR) is 171 cm³/mol. The third-order valence-electron chi connectivity index (χ3n) is 8.39. The van der Waals surface area contributed by atoms with Crippen LogP contribution in [-0.4, -0.2) is 56.9 Å². The molecule has 2 aliphatic heterocycles. The number of pyridine rings is 2. The highest BCUT2D eigenvalue weighted by Gasteiger charge is 2.36. The summed E-state index contributed by atoms with van der Waals surface area (Å²) in [6.07, 6.45) is 4.61. The molecule has 5 rings (SSSR count). The molecule has 4 heterocycles. The molecule has 0 saturated carbocycles. The van der Waals surface area contributed by atoms with Crippen LogP contribution in [0.5, 0.6) is 5.75 Å². The van der Waals surface area contributed by atoms with Gasteiger partial charge in [-0.1, -0.05) is 56.6 Å². The van der Waals surface area contributed by atoms with Crippen LogP contribution in [0.25, 0.3) is 22.3 Å². The quantitative estimate of drug-likeness (QED) is 0.191. The highest BCUT2D eigenvalue weighted by Crippen LogP contribution is 2.44. The number of fused-ring (bicyclic) bond motifs is 1. The number of allylic oxidation sites excluding steroid dienone is 1. The molecule has 2 unspecified atom stereocenters. The van der Waals surface area contributed by atoms with Gasteiger partial charge in [0.15, 0.2) is 23.2 Å². The molecule has 0 aliphatic carbocycles. The molecule has 2 aliphatic rings. The summed E-state index contributed by atoms with van der Waals surface area (Å²) in [5.41, 5.74) is -1.83. The first-order valence-electron chi connectivity index (χ1n) is 14.4. The highest BCUT2D eigenvalue weighted by molar-refractivity contribution is 6.34. The number of amides is 1. The van der Waals surface area contributed by atoms with Crippen LogP contribution in [0.4, 0.5) is 18.9 Å². The van der Waals surface area contributed by atoms with Gasteiger partial charge in [0.2, 0.25) is 5.91 Å². The molecule has 2 aromatic heterocycles. The molecule has 1 N–H and O–H groups in total. The zero-order valence-corrected chi connectivity index (χ0v) is 26.8. The van der Waals surface area contributed by atoms with Gasteiger partial charge in [0, 0.05) is 48.9 Å². The van der Waals surface area contributed by atoms with Crippen LogP contribution in [0.2, 0.25) is 10.0 Å². The Bertz CT molecular complexity index is 1940. The number of aromatic hydroxyl groups is 1. The summed E-state index contributed by atoms with van der Waals surface area (Å²) in [6.45, 7) is 11.7. The summed E-state index contributed by atoms with van der Waals surface area (Å²) in [5, 5.41) is 19.6. The highest BCUT2D eigenvalue weighted by atomic mass is 35.5. The predicted octanol–water partition coefficient (Wildman–Crippen LogP) is 6.39. The first-order chi connectivity index (χ1) is 21.7. The molecule has 0 spiro atoms. The fourth-order valence-electron chi connectivity index (χ4n) is 6.17. The molecular weight excluding hydrogens is 644 g/mol. The summed E-state index contributed by atoms with van der Waals surface area (Å²) < 4.78 is 46.0. The van der Waals surface area contributed by atoms with Crippen LogP contribution in [0.15, 0.2) is 40.8 Å². The first kappa shape index (κ1) is 33.0. The second kappa shape index (κ2) is 12.5. The summed E-state index contributed by atoms with van der Waals surface area (Å²) in [7, 11) is 0. The van der Waals surface area contributed by atoms with Gasteiger partial charge >= 0.3 is 0 Å². The zero-order valence-electron chi connectivity index (χ0n) is 25.3. The van der Waals surface area contributed by atoms with Crippen LogP contribution in [0.3, 0.4) is 0 Å². The van der Waals surface area contributed by atoms with Crippen molar-refractivity contribution in [1.29, 1.82) is 5.26 Å². The molecule has 1 saturated heterocycles. The maximum absolute atomic E-state index is 15.3. The van der Waals surface area contributed by atoms with E-state index in [1.165, 1.54) is 16.7 Å². The Hall–Kier alpha value is -4.34. The van der Waals surface area contributed by atoms with Crippen molar-refractivity contribution in [3.8, 4) is 23.1 Å². The Morgan fingerprint density at radius 2 is 1.89 bits per heavy atom. The van der Waals surface area contributed by atoms with Gasteiger partial charge in [0.1, 0.15) is 22.3 Å². The largest absolute Gasteiger partial charge is 0.504 e. The number of nitrogens with zero attached hydrogens (tertiary/aromatic N) is 6. The second-order valence-electron chi connectivity index (χ2n) is 11.6. The Balaban J connectivity index is 1.89. The number of piperazine rings is 1. The lowest BCUT2D eigenvalue weighted by molar-refractivity contribution is -0.128. The molecule has 14 heteroatoms. The number of carbonyl (C=O) groups is 1. The lowest BCUT2D eigenvalue weighted by Gasteiger charge is -2.41. The Labute approximate surface area is 272 Å². The standard InChI is InChI=1S/C32H29Cl2F3N6O3/c1-6-20(44)42-10-9-41(13-16(42)5)29-17-11-19(33)27(21-23(35)24(36)22(34)25(37)30(21)45)40-31(17)43(32(46)18(29)12-38)28-15(4)7-8-39-26(28)14(2)3/h6-8,11,14-16,28,45H,1,9-10,13H2,2-5H3/t15?,16-,28?/m1/s1. The van der Waals surface area contributed by atoms with Crippen molar-refractivity contribution < 1.29 is 23.1 Å². The van der Waals surface area contributed by atoms with Crippen LogP contribution in [-0.2, 0) is 4.79 Å². The maximum Gasteiger partial charge on any atom is 0.272 e. The normalized spacial score (nSPS) is 19.8. The van der Waals surface area contributed by atoms with Crippen molar-refractivity contribution >= 4 is 51.5 Å². The van der Waals surface area contributed by atoms with Crippen molar-refractivity contribution in [2.45, 2.75) is 39.8 Å². The van der Waals surface area contributed by atoms with Crippen LogP contribution >= 0.6 is 23.2 Å². The van der Waals surface area contributed by atoms with Gasteiger partial charge in [0.05, 0.1) is 28.0 Å². The van der Waals surface area contributed by atoms with Crippen molar-refractivity contribution in [2.75, 3.05) is 24.5 Å². The van der Waals surface area contributed by atoms with Gasteiger partial charge in [-0.15, -0.1) is 0 Å². The number of phenolic OH excluding ortho intramolecular Hbond substituents is 1. The Morgan fingerprint density at radius 1 is 1.20 bits per heavy atom. The van der Waals surface area contributed by atoms with Gasteiger partial charge in [-0.25, -0.2) is 18.2 Å². The smallest absolute Gasteiger partial charge is 0.272 e. The second-order valence-corrected chi connectivity index (χ2v) is 12.4. The minimum Gasteiger partial charge on any atom is -0.504 e. The Kier molecular flexibility index (Phi) is 8.94. The molecule has 0 bridgehead atoms. The molecular formula is C32H29Cl2F3N6O3. The van der Waals surface area contributed by atoms with Gasteiger partial charge in [-0.2, -0.15) is 5.26 Å². The summed E-state index contributed by atoms with van der Waals surface area (Å²) in [6, 6.07) is 2.25. The number of carbonyl (C=O) groups excluding carboxylic acids is 1. The number of phenols is 1. The molecule has 1 aromatic carbocycles. The van der Waals surface area contributed by atoms with E-state index in [-0.39, 0.29) is 70.7 Å². The maximum atomic E-state index is 15.3. The van der Waals surface area contributed by atoms with E-state index in [9.17, 15) is 28.7 Å². The Morgan fingerprint density at radius 3 is 2.50 bits per heavy atom. The number of halogens is 5. The number of benzene rings is 1. The molecule has 0 radical (unpaired) electrons. The number of anilines is 1. The number of aliphatic imine (C=N–C) groups is 1.